The minimum absolute atomic E-state index is 0.0841. The first-order valence-electron chi connectivity index (χ1n) is 7.69. The van der Waals surface area contributed by atoms with Gasteiger partial charge in [-0.2, -0.15) is 5.26 Å². The van der Waals surface area contributed by atoms with Crippen molar-refractivity contribution in [2.75, 3.05) is 51.7 Å². The zero-order chi connectivity index (χ0) is 16.4. The molecule has 0 radical (unpaired) electrons. The first-order chi connectivity index (χ1) is 11.1. The third kappa shape index (κ3) is 3.27. The molecule has 1 aromatic carbocycles. The van der Waals surface area contributed by atoms with Crippen LogP contribution in [0.1, 0.15) is 0 Å². The predicted octanol–water partition coefficient (Wildman–Crippen LogP) is 1.78. The molecule has 0 aliphatic carbocycles. The van der Waals surface area contributed by atoms with E-state index in [2.05, 4.69) is 22.9 Å². The molecule has 23 heavy (non-hydrogen) atoms. The van der Waals surface area contributed by atoms with Gasteiger partial charge in [-0.05, 0) is 19.2 Å². The summed E-state index contributed by atoms with van der Waals surface area (Å²) in [6, 6.07) is 10.1. The van der Waals surface area contributed by atoms with Gasteiger partial charge in [-0.25, -0.2) is 0 Å². The number of benzene rings is 1. The summed E-state index contributed by atoms with van der Waals surface area (Å²) in [4.78, 5) is 20.0. The maximum Gasteiger partial charge on any atom is 0.190 e. The van der Waals surface area contributed by atoms with Crippen LogP contribution in [0.4, 0.5) is 5.69 Å². The van der Waals surface area contributed by atoms with Gasteiger partial charge in [-0.3, -0.25) is 9.69 Å². The molecular weight excluding hydrogens is 308 g/mol. The lowest BCUT2D eigenvalue weighted by atomic mass is 10.1. The van der Waals surface area contributed by atoms with Crippen molar-refractivity contribution < 1.29 is 4.79 Å². The van der Waals surface area contributed by atoms with Crippen LogP contribution in [0.15, 0.2) is 39.8 Å². The number of likely N-dealkylation sites (N-methyl/N-ethyl adjacent to an activating group) is 1. The molecule has 0 amide bonds. The van der Waals surface area contributed by atoms with E-state index >= 15 is 0 Å². The van der Waals surface area contributed by atoms with E-state index in [-0.39, 0.29) is 11.4 Å². The molecule has 6 heteroatoms. The number of piperazine rings is 1. The fourth-order valence-electron chi connectivity index (χ4n) is 2.84. The minimum atomic E-state index is -0.0841. The van der Waals surface area contributed by atoms with E-state index in [1.165, 1.54) is 11.8 Å². The molecule has 120 valence electrons. The molecule has 0 spiro atoms. The average Bonchev–Trinajstić information content (AvgIpc) is 2.88. The van der Waals surface area contributed by atoms with Crippen molar-refractivity contribution >= 4 is 23.2 Å². The molecule has 0 saturated carbocycles. The first kappa shape index (κ1) is 16.1. The van der Waals surface area contributed by atoms with Gasteiger partial charge in [-0.1, -0.05) is 23.9 Å². The van der Waals surface area contributed by atoms with Gasteiger partial charge in [0.2, 0.25) is 0 Å². The summed E-state index contributed by atoms with van der Waals surface area (Å²) in [6.07, 6.45) is 0. The van der Waals surface area contributed by atoms with Gasteiger partial charge >= 0.3 is 0 Å². The molecule has 0 aromatic heterocycles. The molecule has 2 aliphatic heterocycles. The number of Topliss-reactive ketones (excluding diaryl/α,β-unsaturated/α-hetero) is 1. The van der Waals surface area contributed by atoms with Crippen LogP contribution >= 0.6 is 11.8 Å². The molecule has 1 aromatic rings. The summed E-state index contributed by atoms with van der Waals surface area (Å²) >= 11 is 1.50. The van der Waals surface area contributed by atoms with Gasteiger partial charge in [0.15, 0.2) is 5.78 Å². The Hall–Kier alpha value is -1.81. The summed E-state index contributed by atoms with van der Waals surface area (Å²) in [5.74, 6) is -0.0841. The van der Waals surface area contributed by atoms with Gasteiger partial charge in [0, 0.05) is 38.1 Å². The summed E-state index contributed by atoms with van der Waals surface area (Å²) in [5.41, 5.74) is 1.32. The number of anilines is 1. The van der Waals surface area contributed by atoms with Crippen LogP contribution in [0.2, 0.25) is 0 Å². The van der Waals surface area contributed by atoms with Crippen LogP contribution in [-0.2, 0) is 4.79 Å². The highest BCUT2D eigenvalue weighted by atomic mass is 32.2. The minimum Gasteiger partial charge on any atom is -0.337 e. The number of thioether (sulfide) groups is 1. The average molecular weight is 328 g/mol. The molecule has 2 heterocycles. The molecular formula is C17H20N4OS. The van der Waals surface area contributed by atoms with Crippen molar-refractivity contribution in [2.45, 2.75) is 4.90 Å². The molecule has 1 fully saturated rings. The Balaban J connectivity index is 1.78. The molecule has 0 unspecified atom stereocenters. The smallest absolute Gasteiger partial charge is 0.190 e. The van der Waals surface area contributed by atoms with E-state index in [1.54, 1.807) is 0 Å². The highest BCUT2D eigenvalue weighted by Crippen LogP contribution is 2.46. The summed E-state index contributed by atoms with van der Waals surface area (Å²) in [6.45, 7) is 4.00. The van der Waals surface area contributed by atoms with Crippen LogP contribution in [0.3, 0.4) is 0 Å². The van der Waals surface area contributed by atoms with E-state index in [9.17, 15) is 10.1 Å². The Morgan fingerprint density at radius 3 is 2.57 bits per heavy atom. The lowest BCUT2D eigenvalue weighted by molar-refractivity contribution is -0.116. The first-order valence-corrected chi connectivity index (χ1v) is 8.51. The maximum atomic E-state index is 12.6. The molecule has 0 bridgehead atoms. The van der Waals surface area contributed by atoms with Crippen molar-refractivity contribution in [3.8, 4) is 6.07 Å². The molecule has 1 saturated heterocycles. The van der Waals surface area contributed by atoms with Crippen molar-refractivity contribution in [3.63, 3.8) is 0 Å². The molecule has 0 N–H and O–H groups in total. The summed E-state index contributed by atoms with van der Waals surface area (Å²) < 4.78 is 0. The zero-order valence-corrected chi connectivity index (χ0v) is 14.3. The molecule has 0 atom stereocenters. The Bertz CT molecular complexity index is 686. The predicted molar refractivity (Wildman–Crippen MR) is 92.3 cm³/mol. The normalized spacial score (nSPS) is 21.0. The number of carbonyl (C=O) groups is 1. The fourth-order valence-corrected chi connectivity index (χ4v) is 4.00. The number of para-hydroxylation sites is 1. The van der Waals surface area contributed by atoms with E-state index in [0.29, 0.717) is 6.54 Å². The van der Waals surface area contributed by atoms with E-state index in [1.807, 2.05) is 36.2 Å². The number of fused-ring (bicyclic) bond motifs is 1. The van der Waals surface area contributed by atoms with Crippen molar-refractivity contribution in [2.24, 2.45) is 0 Å². The van der Waals surface area contributed by atoms with Crippen LogP contribution in [0, 0.1) is 11.3 Å². The second kappa shape index (κ2) is 6.75. The summed E-state index contributed by atoms with van der Waals surface area (Å²) in [7, 11) is 4.00. The van der Waals surface area contributed by atoms with Gasteiger partial charge in [0.05, 0.1) is 12.2 Å². The highest BCUT2D eigenvalue weighted by Gasteiger charge is 2.28. The highest BCUT2D eigenvalue weighted by molar-refractivity contribution is 8.03. The summed E-state index contributed by atoms with van der Waals surface area (Å²) in [5, 5.41) is 10.3. The maximum absolute atomic E-state index is 12.6. The standard InChI is InChI=1S/C17H20N4OS/c1-19-7-9-21(10-8-19)12-15(22)13(11-18)17-20(2)14-5-3-4-6-16(14)23-17/h3-6H,7-10,12H2,1-2H3/b17-13-. The van der Waals surface area contributed by atoms with E-state index < -0.39 is 0 Å². The van der Waals surface area contributed by atoms with E-state index in [4.69, 9.17) is 0 Å². The number of nitriles is 1. The zero-order valence-electron chi connectivity index (χ0n) is 13.5. The number of ketones is 1. The Morgan fingerprint density at radius 1 is 1.22 bits per heavy atom. The second-order valence-corrected chi connectivity index (χ2v) is 6.95. The van der Waals surface area contributed by atoms with Crippen molar-refractivity contribution in [1.29, 1.82) is 5.26 Å². The number of carbonyl (C=O) groups excluding carboxylic acids is 1. The molecule has 3 rings (SSSR count). The number of rotatable bonds is 3. The van der Waals surface area contributed by atoms with E-state index in [0.717, 1.165) is 41.8 Å². The quantitative estimate of drug-likeness (QED) is 0.623. The Labute approximate surface area is 141 Å². The molecule has 5 nitrogen and oxygen atoms in total. The number of hydrogen-bond acceptors (Lipinski definition) is 6. The number of hydrogen-bond donors (Lipinski definition) is 0. The van der Waals surface area contributed by atoms with Gasteiger partial charge in [-0.15, -0.1) is 0 Å². The SMILES string of the molecule is CN1CCN(CC(=O)/C(C#N)=C2\Sc3ccccc3N2C)CC1. The van der Waals surface area contributed by atoms with Crippen molar-refractivity contribution in [1.82, 2.24) is 9.80 Å². The Kier molecular flexibility index (Phi) is 4.71. The van der Waals surface area contributed by atoms with Gasteiger partial charge in [0.25, 0.3) is 0 Å². The number of nitrogens with zero attached hydrogens (tertiary/aromatic N) is 4. The second-order valence-electron chi connectivity index (χ2n) is 5.92. The van der Waals surface area contributed by atoms with Gasteiger partial charge < -0.3 is 9.80 Å². The van der Waals surface area contributed by atoms with Crippen LogP contribution in [0.25, 0.3) is 0 Å². The fraction of sp³-hybridized carbons (Fsp3) is 0.412. The third-order valence-corrected chi connectivity index (χ3v) is 5.54. The monoisotopic (exact) mass is 328 g/mol. The van der Waals surface area contributed by atoms with Crippen molar-refractivity contribution in [3.05, 3.63) is 34.9 Å². The lowest BCUT2D eigenvalue weighted by Gasteiger charge is -2.31. The largest absolute Gasteiger partial charge is 0.337 e. The van der Waals surface area contributed by atoms with Crippen LogP contribution < -0.4 is 4.90 Å². The lowest BCUT2D eigenvalue weighted by Crippen LogP contribution is -2.46. The third-order valence-electron chi connectivity index (χ3n) is 4.31. The topological polar surface area (TPSA) is 50.6 Å². The Morgan fingerprint density at radius 2 is 1.91 bits per heavy atom. The van der Waals surface area contributed by atoms with Crippen LogP contribution in [0.5, 0.6) is 0 Å². The van der Waals surface area contributed by atoms with Crippen LogP contribution in [-0.4, -0.2) is 62.4 Å². The van der Waals surface area contributed by atoms with Gasteiger partial charge in [0.1, 0.15) is 16.7 Å². The molecule has 2 aliphatic rings.